The maximum absolute atomic E-state index is 5.17. The highest BCUT2D eigenvalue weighted by Crippen LogP contribution is 2.37. The molecule has 0 amide bonds. The van der Waals surface area contributed by atoms with Crippen LogP contribution >= 0.6 is 0 Å². The summed E-state index contributed by atoms with van der Waals surface area (Å²) in [6, 6.07) is 36.5. The number of aromatic amines is 1. The lowest BCUT2D eigenvalue weighted by Gasteiger charge is -2.12. The minimum atomic E-state index is 0.414. The van der Waals surface area contributed by atoms with Crippen molar-refractivity contribution in [2.24, 2.45) is 0 Å². The minimum Gasteiger partial charge on any atom is -0.339 e. The molecule has 0 radical (unpaired) electrons. The van der Waals surface area contributed by atoms with Gasteiger partial charge in [0, 0.05) is 27.6 Å². The van der Waals surface area contributed by atoms with E-state index >= 15 is 0 Å². The van der Waals surface area contributed by atoms with Gasteiger partial charge < -0.3 is 4.98 Å². The van der Waals surface area contributed by atoms with Crippen molar-refractivity contribution in [3.8, 4) is 45.7 Å². The van der Waals surface area contributed by atoms with Crippen molar-refractivity contribution in [1.29, 1.82) is 0 Å². The molecule has 0 saturated heterocycles. The predicted octanol–water partition coefficient (Wildman–Crippen LogP) is 8.08. The zero-order valence-corrected chi connectivity index (χ0v) is 23.4. The van der Waals surface area contributed by atoms with Crippen LogP contribution in [0.3, 0.4) is 0 Å². The van der Waals surface area contributed by atoms with Crippen molar-refractivity contribution in [1.82, 2.24) is 34.9 Å². The van der Waals surface area contributed by atoms with Crippen LogP contribution in [0.25, 0.3) is 84.6 Å². The molecule has 0 aliphatic heterocycles. The van der Waals surface area contributed by atoms with E-state index < -0.39 is 0 Å². The molecule has 1 aliphatic rings. The Balaban J connectivity index is 1.33. The van der Waals surface area contributed by atoms with Gasteiger partial charge in [-0.15, -0.1) is 0 Å². The monoisotopic (exact) mass is 565 g/mol. The van der Waals surface area contributed by atoms with E-state index in [-0.39, 0.29) is 0 Å². The average Bonchev–Trinajstić information content (AvgIpc) is 3.69. The second kappa shape index (κ2) is 9.74. The van der Waals surface area contributed by atoms with E-state index in [1.807, 2.05) is 78.9 Å². The Bertz CT molecular complexity index is 2410. The van der Waals surface area contributed by atoms with Crippen molar-refractivity contribution in [2.75, 3.05) is 0 Å². The van der Waals surface area contributed by atoms with E-state index in [1.54, 1.807) is 0 Å². The molecule has 0 bridgehead atoms. The van der Waals surface area contributed by atoms with E-state index in [1.165, 1.54) is 0 Å². The lowest BCUT2D eigenvalue weighted by atomic mass is 10.1. The minimum absolute atomic E-state index is 0.414. The first kappa shape index (κ1) is 24.5. The van der Waals surface area contributed by atoms with Gasteiger partial charge in [-0.1, -0.05) is 103 Å². The van der Waals surface area contributed by atoms with Crippen LogP contribution in [0.5, 0.6) is 0 Å². The second-order valence-electron chi connectivity index (χ2n) is 10.8. The highest BCUT2D eigenvalue weighted by molar-refractivity contribution is 6.00. The van der Waals surface area contributed by atoms with Gasteiger partial charge in [-0.25, -0.2) is 29.9 Å². The molecule has 9 rings (SSSR count). The summed E-state index contributed by atoms with van der Waals surface area (Å²) in [4.78, 5) is 33.9. The Labute approximate surface area is 252 Å². The molecule has 0 atom stereocenters. The van der Waals surface area contributed by atoms with Gasteiger partial charge in [0.15, 0.2) is 17.5 Å². The third-order valence-corrected chi connectivity index (χ3v) is 8.11. The number of benzene rings is 4. The fourth-order valence-corrected chi connectivity index (χ4v) is 6.08. The molecule has 44 heavy (non-hydrogen) atoms. The van der Waals surface area contributed by atoms with Crippen LogP contribution in [0.4, 0.5) is 0 Å². The summed E-state index contributed by atoms with van der Waals surface area (Å²) in [7, 11) is 0. The lowest BCUT2D eigenvalue weighted by Crippen LogP contribution is -2.03. The number of hydrogen-bond donors (Lipinski definition) is 1. The molecular formula is C37H23N7. The van der Waals surface area contributed by atoms with Crippen LogP contribution in [-0.2, 0) is 6.42 Å². The molecule has 0 saturated carbocycles. The SMILES string of the molecule is C1=Cc2[nH]c3nc(-c4nc(-c5ccccc5)c5ccccc5n4)nc(-c4nc(-c5ccccc5)c5ccccc5n4)c3c2C1. The van der Waals surface area contributed by atoms with Crippen LogP contribution in [0.2, 0.25) is 0 Å². The first-order chi connectivity index (χ1) is 21.8. The molecule has 0 spiro atoms. The predicted molar refractivity (Wildman–Crippen MR) is 175 cm³/mol. The van der Waals surface area contributed by atoms with Crippen molar-refractivity contribution >= 4 is 38.9 Å². The Kier molecular flexibility index (Phi) is 5.43. The summed E-state index contributed by atoms with van der Waals surface area (Å²) in [5.41, 5.74) is 8.94. The maximum Gasteiger partial charge on any atom is 0.200 e. The molecule has 4 aromatic carbocycles. The van der Waals surface area contributed by atoms with Gasteiger partial charge in [-0.3, -0.25) is 0 Å². The van der Waals surface area contributed by atoms with Crippen molar-refractivity contribution in [2.45, 2.75) is 6.42 Å². The molecule has 1 aliphatic carbocycles. The summed E-state index contributed by atoms with van der Waals surface area (Å²) in [6.45, 7) is 0. The van der Waals surface area contributed by atoms with Crippen molar-refractivity contribution in [3.63, 3.8) is 0 Å². The zero-order chi connectivity index (χ0) is 29.0. The standard InChI is InChI=1S/C37H23N7/c1-3-12-22(13-4-1)31-25-16-7-9-19-28(25)39-35(41-31)33-30-24-18-11-21-27(24)38-34(30)44-37(43-33)36-40-29-20-10-8-17-26(29)32(42-36)23-14-5-2-6-15-23/h1-17,19-21H,18H2,(H,38,43,44). The molecule has 0 fully saturated rings. The maximum atomic E-state index is 5.17. The summed E-state index contributed by atoms with van der Waals surface area (Å²) >= 11 is 0. The van der Waals surface area contributed by atoms with Crippen LogP contribution in [-0.4, -0.2) is 34.9 Å². The number of allylic oxidation sites excluding steroid dienone is 1. The number of H-pyrrole nitrogens is 1. The second-order valence-corrected chi connectivity index (χ2v) is 10.8. The highest BCUT2D eigenvalue weighted by atomic mass is 15.0. The summed E-state index contributed by atoms with van der Waals surface area (Å²) < 4.78 is 0. The molecule has 206 valence electrons. The number of fused-ring (bicyclic) bond motifs is 5. The molecular weight excluding hydrogens is 542 g/mol. The Morgan fingerprint density at radius 3 is 1.66 bits per heavy atom. The van der Waals surface area contributed by atoms with Gasteiger partial charge >= 0.3 is 0 Å². The topological polar surface area (TPSA) is 93.1 Å². The van der Waals surface area contributed by atoms with Crippen molar-refractivity contribution in [3.05, 3.63) is 127 Å². The summed E-state index contributed by atoms with van der Waals surface area (Å²) in [5, 5.41) is 2.88. The van der Waals surface area contributed by atoms with Crippen LogP contribution in [0.1, 0.15) is 11.3 Å². The van der Waals surface area contributed by atoms with Gasteiger partial charge in [-0.2, -0.15) is 0 Å². The van der Waals surface area contributed by atoms with Crippen LogP contribution in [0.15, 0.2) is 115 Å². The average molecular weight is 566 g/mol. The number of aromatic nitrogens is 7. The number of para-hydroxylation sites is 2. The van der Waals surface area contributed by atoms with E-state index in [4.69, 9.17) is 29.9 Å². The highest BCUT2D eigenvalue weighted by Gasteiger charge is 2.24. The molecule has 1 N–H and O–H groups in total. The first-order valence-electron chi connectivity index (χ1n) is 14.5. The third-order valence-electron chi connectivity index (χ3n) is 8.11. The third kappa shape index (κ3) is 3.90. The zero-order valence-electron chi connectivity index (χ0n) is 23.4. The molecule has 4 heterocycles. The van der Waals surface area contributed by atoms with Gasteiger partial charge in [0.2, 0.25) is 0 Å². The van der Waals surface area contributed by atoms with Gasteiger partial charge in [0.05, 0.1) is 27.8 Å². The normalized spacial score (nSPS) is 12.4. The summed E-state index contributed by atoms with van der Waals surface area (Å²) in [5.74, 6) is 1.39. The Morgan fingerprint density at radius 1 is 0.477 bits per heavy atom. The number of rotatable bonds is 4. The van der Waals surface area contributed by atoms with E-state index in [0.29, 0.717) is 23.2 Å². The molecule has 4 aromatic heterocycles. The lowest BCUT2D eigenvalue weighted by molar-refractivity contribution is 1.10. The van der Waals surface area contributed by atoms with Crippen molar-refractivity contribution < 1.29 is 0 Å². The smallest absolute Gasteiger partial charge is 0.200 e. The molecule has 7 nitrogen and oxygen atoms in total. The fraction of sp³-hybridized carbons (Fsp3) is 0.0270. The first-order valence-corrected chi connectivity index (χ1v) is 14.5. The van der Waals surface area contributed by atoms with E-state index in [9.17, 15) is 0 Å². The van der Waals surface area contributed by atoms with Crippen LogP contribution in [0, 0.1) is 0 Å². The fourth-order valence-electron chi connectivity index (χ4n) is 6.08. The van der Waals surface area contributed by atoms with Gasteiger partial charge in [-0.05, 0) is 30.2 Å². The van der Waals surface area contributed by atoms with E-state index in [2.05, 4.69) is 47.5 Å². The summed E-state index contributed by atoms with van der Waals surface area (Å²) in [6.07, 6.45) is 5.03. The van der Waals surface area contributed by atoms with E-state index in [0.717, 1.165) is 73.0 Å². The number of nitrogens with one attached hydrogen (secondary N) is 1. The molecule has 0 unspecified atom stereocenters. The number of nitrogens with zero attached hydrogens (tertiary/aromatic N) is 6. The van der Waals surface area contributed by atoms with Crippen LogP contribution < -0.4 is 0 Å². The van der Waals surface area contributed by atoms with Gasteiger partial charge in [0.25, 0.3) is 0 Å². The number of hydrogen-bond acceptors (Lipinski definition) is 6. The quantitative estimate of drug-likeness (QED) is 0.232. The largest absolute Gasteiger partial charge is 0.339 e. The Hall–Kier alpha value is -6.08. The molecule has 8 aromatic rings. The van der Waals surface area contributed by atoms with Gasteiger partial charge in [0.1, 0.15) is 11.3 Å². The Morgan fingerprint density at radius 2 is 1.00 bits per heavy atom. The molecule has 7 heteroatoms.